The summed E-state index contributed by atoms with van der Waals surface area (Å²) >= 11 is 6.13. The highest BCUT2D eigenvalue weighted by molar-refractivity contribution is 6.31. The number of ketones is 1. The van der Waals surface area contributed by atoms with Gasteiger partial charge in [0, 0.05) is 36.5 Å². The molecule has 0 aliphatic carbocycles. The Bertz CT molecular complexity index is 1220. The Morgan fingerprint density at radius 2 is 1.73 bits per heavy atom. The lowest BCUT2D eigenvalue weighted by atomic mass is 9.82. The number of carbonyl (C=O) groups excluding carboxylic acids is 2. The molecule has 2 aliphatic rings. The number of likely N-dealkylation sites (tertiary alicyclic amines) is 1. The fraction of sp³-hybridized carbons (Fsp3) is 0.259. The molecule has 0 bridgehead atoms. The summed E-state index contributed by atoms with van der Waals surface area (Å²) < 4.78 is 12.3. The van der Waals surface area contributed by atoms with Gasteiger partial charge in [-0.05, 0) is 55.0 Å². The van der Waals surface area contributed by atoms with E-state index in [1.165, 1.54) is 0 Å². The number of piperidine rings is 1. The van der Waals surface area contributed by atoms with E-state index in [0.29, 0.717) is 60.0 Å². The highest BCUT2D eigenvalue weighted by Gasteiger charge is 2.44. The summed E-state index contributed by atoms with van der Waals surface area (Å²) in [5.41, 5.74) is 1.42. The molecule has 0 saturated carbocycles. The summed E-state index contributed by atoms with van der Waals surface area (Å²) in [6.45, 7) is 2.95. The standard InChI is InChI=1S/C27H24ClNO4/c1-18-14-20(28)16-23-24(30)17-27(33-25(18)23)10-12-29(13-11-27)26(31)19-6-5-9-22(15-19)32-21-7-3-2-4-8-21/h2-9,14-16H,10-13,17H2,1H3. The predicted octanol–water partition coefficient (Wildman–Crippen LogP) is 6.08. The number of rotatable bonds is 3. The van der Waals surface area contributed by atoms with Crippen molar-refractivity contribution in [3.63, 3.8) is 0 Å². The van der Waals surface area contributed by atoms with Gasteiger partial charge >= 0.3 is 0 Å². The third-order valence-corrected chi connectivity index (χ3v) is 6.58. The Morgan fingerprint density at radius 1 is 1.00 bits per heavy atom. The van der Waals surface area contributed by atoms with Crippen LogP contribution >= 0.6 is 11.6 Å². The summed E-state index contributed by atoms with van der Waals surface area (Å²) in [5.74, 6) is 1.97. The molecule has 0 aromatic heterocycles. The molecule has 5 rings (SSSR count). The minimum Gasteiger partial charge on any atom is -0.486 e. The van der Waals surface area contributed by atoms with Crippen molar-refractivity contribution in [1.29, 1.82) is 0 Å². The molecule has 33 heavy (non-hydrogen) atoms. The van der Waals surface area contributed by atoms with Gasteiger partial charge in [0.15, 0.2) is 5.78 Å². The maximum Gasteiger partial charge on any atom is 0.253 e. The van der Waals surface area contributed by atoms with Crippen LogP contribution in [0.15, 0.2) is 66.7 Å². The van der Waals surface area contributed by atoms with E-state index in [1.807, 2.05) is 60.4 Å². The summed E-state index contributed by atoms with van der Waals surface area (Å²) in [6, 6.07) is 20.2. The van der Waals surface area contributed by atoms with Gasteiger partial charge in [-0.2, -0.15) is 0 Å². The zero-order valence-corrected chi connectivity index (χ0v) is 19.1. The number of amides is 1. The summed E-state index contributed by atoms with van der Waals surface area (Å²) in [6.07, 6.45) is 1.51. The van der Waals surface area contributed by atoms with Crippen molar-refractivity contribution >= 4 is 23.3 Å². The van der Waals surface area contributed by atoms with Crippen molar-refractivity contribution in [2.75, 3.05) is 13.1 Å². The number of para-hydroxylation sites is 1. The van der Waals surface area contributed by atoms with Crippen molar-refractivity contribution in [3.05, 3.63) is 88.4 Å². The van der Waals surface area contributed by atoms with Gasteiger partial charge < -0.3 is 14.4 Å². The molecular weight excluding hydrogens is 438 g/mol. The molecule has 1 fully saturated rings. The number of fused-ring (bicyclic) bond motifs is 1. The van der Waals surface area contributed by atoms with E-state index < -0.39 is 5.60 Å². The highest BCUT2D eigenvalue weighted by atomic mass is 35.5. The quantitative estimate of drug-likeness (QED) is 0.474. The number of nitrogens with zero attached hydrogens (tertiary/aromatic N) is 1. The first-order chi connectivity index (χ1) is 15.9. The lowest BCUT2D eigenvalue weighted by Crippen LogP contribution is -2.52. The summed E-state index contributed by atoms with van der Waals surface area (Å²) in [5, 5.41) is 0.540. The molecule has 5 nitrogen and oxygen atoms in total. The summed E-state index contributed by atoms with van der Waals surface area (Å²) in [7, 11) is 0. The van der Waals surface area contributed by atoms with Crippen molar-refractivity contribution in [1.82, 2.24) is 4.90 Å². The average molecular weight is 462 g/mol. The SMILES string of the molecule is Cc1cc(Cl)cc2c1OC1(CCN(C(=O)c3cccc(Oc4ccccc4)c3)CC1)CC2=O. The van der Waals surface area contributed by atoms with E-state index in [0.717, 1.165) is 11.3 Å². The molecule has 2 aliphatic heterocycles. The third kappa shape index (κ3) is 4.33. The van der Waals surface area contributed by atoms with Crippen LogP contribution in [0.25, 0.3) is 0 Å². The second-order valence-corrected chi connectivity index (χ2v) is 9.16. The van der Waals surface area contributed by atoms with Crippen molar-refractivity contribution < 1.29 is 19.1 Å². The smallest absolute Gasteiger partial charge is 0.253 e. The largest absolute Gasteiger partial charge is 0.486 e. The Morgan fingerprint density at radius 3 is 2.48 bits per heavy atom. The predicted molar refractivity (Wildman–Crippen MR) is 127 cm³/mol. The molecule has 3 aromatic carbocycles. The molecular formula is C27H24ClNO4. The van der Waals surface area contributed by atoms with Gasteiger partial charge in [-0.3, -0.25) is 9.59 Å². The van der Waals surface area contributed by atoms with E-state index >= 15 is 0 Å². The number of halogens is 1. The van der Waals surface area contributed by atoms with Gasteiger partial charge in [0.2, 0.25) is 0 Å². The molecule has 2 heterocycles. The monoisotopic (exact) mass is 461 g/mol. The highest BCUT2D eigenvalue weighted by Crippen LogP contribution is 2.42. The molecule has 3 aromatic rings. The third-order valence-electron chi connectivity index (χ3n) is 6.36. The first kappa shape index (κ1) is 21.5. The normalized spacial score (nSPS) is 16.8. The molecule has 0 atom stereocenters. The first-order valence-electron chi connectivity index (χ1n) is 11.1. The molecule has 168 valence electrons. The van der Waals surface area contributed by atoms with Crippen LogP contribution in [0.2, 0.25) is 5.02 Å². The maximum atomic E-state index is 13.2. The fourth-order valence-corrected chi connectivity index (χ4v) is 4.88. The number of hydrogen-bond donors (Lipinski definition) is 0. The topological polar surface area (TPSA) is 55.8 Å². The van der Waals surface area contributed by atoms with Gasteiger partial charge in [0.05, 0.1) is 12.0 Å². The first-order valence-corrected chi connectivity index (χ1v) is 11.4. The van der Waals surface area contributed by atoms with Gasteiger partial charge in [-0.15, -0.1) is 0 Å². The van der Waals surface area contributed by atoms with E-state index in [2.05, 4.69) is 0 Å². The Labute approximate surface area is 197 Å². The second kappa shape index (κ2) is 8.56. The minimum atomic E-state index is -0.572. The van der Waals surface area contributed by atoms with E-state index in [9.17, 15) is 9.59 Å². The van der Waals surface area contributed by atoms with E-state index in [1.54, 1.807) is 18.2 Å². The fourth-order valence-electron chi connectivity index (χ4n) is 4.61. The number of aryl methyl sites for hydroxylation is 1. The van der Waals surface area contributed by atoms with Crippen molar-refractivity contribution in [2.24, 2.45) is 0 Å². The van der Waals surface area contributed by atoms with Crippen LogP contribution in [0.3, 0.4) is 0 Å². The van der Waals surface area contributed by atoms with Crippen LogP contribution in [0, 0.1) is 6.92 Å². The van der Waals surface area contributed by atoms with Gasteiger partial charge in [0.25, 0.3) is 5.91 Å². The molecule has 0 N–H and O–H groups in total. The van der Waals surface area contributed by atoms with E-state index in [4.69, 9.17) is 21.1 Å². The van der Waals surface area contributed by atoms with Gasteiger partial charge in [-0.25, -0.2) is 0 Å². The maximum absolute atomic E-state index is 13.2. The number of ether oxygens (including phenoxy) is 2. The molecule has 1 amide bonds. The van der Waals surface area contributed by atoms with Crippen molar-refractivity contribution in [2.45, 2.75) is 31.8 Å². The Hall–Kier alpha value is -3.31. The van der Waals surface area contributed by atoms with Crippen LogP contribution in [-0.2, 0) is 0 Å². The number of benzene rings is 3. The molecule has 0 radical (unpaired) electrons. The number of hydrogen-bond acceptors (Lipinski definition) is 4. The van der Waals surface area contributed by atoms with Crippen LogP contribution < -0.4 is 9.47 Å². The van der Waals surface area contributed by atoms with Gasteiger partial charge in [0.1, 0.15) is 22.8 Å². The number of carbonyl (C=O) groups is 2. The van der Waals surface area contributed by atoms with Crippen LogP contribution in [-0.4, -0.2) is 35.3 Å². The lowest BCUT2D eigenvalue weighted by Gasteiger charge is -2.44. The summed E-state index contributed by atoms with van der Waals surface area (Å²) in [4.78, 5) is 27.9. The van der Waals surface area contributed by atoms with Crippen molar-refractivity contribution in [3.8, 4) is 17.2 Å². The Balaban J connectivity index is 1.28. The molecule has 0 unspecified atom stereocenters. The Kier molecular flexibility index (Phi) is 5.59. The molecule has 1 spiro atoms. The van der Waals surface area contributed by atoms with Crippen LogP contribution in [0.4, 0.5) is 0 Å². The van der Waals surface area contributed by atoms with Crippen LogP contribution in [0.5, 0.6) is 17.2 Å². The lowest BCUT2D eigenvalue weighted by molar-refractivity contribution is -0.00618. The zero-order chi connectivity index (χ0) is 23.0. The average Bonchev–Trinajstić information content (AvgIpc) is 2.81. The number of Topliss-reactive ketones (excluding diaryl/α,β-unsaturated/α-hetero) is 1. The minimum absolute atomic E-state index is 0.0474. The zero-order valence-electron chi connectivity index (χ0n) is 18.3. The molecule has 6 heteroatoms. The molecule has 1 saturated heterocycles. The van der Waals surface area contributed by atoms with Gasteiger partial charge in [-0.1, -0.05) is 35.9 Å². The van der Waals surface area contributed by atoms with E-state index in [-0.39, 0.29) is 11.7 Å². The second-order valence-electron chi connectivity index (χ2n) is 8.72. The van der Waals surface area contributed by atoms with Crippen LogP contribution in [0.1, 0.15) is 45.5 Å².